The van der Waals surface area contributed by atoms with Crippen LogP contribution < -0.4 is 0 Å². The quantitative estimate of drug-likeness (QED) is 0.405. The lowest BCUT2D eigenvalue weighted by Gasteiger charge is -2.32. The summed E-state index contributed by atoms with van der Waals surface area (Å²) in [5.74, 6) is 0.333. The zero-order valence-electron chi connectivity index (χ0n) is 20.5. The number of carbonyl (C=O) groups excluding carboxylic acids is 1. The number of aromatic nitrogens is 3. The van der Waals surface area contributed by atoms with Crippen molar-refractivity contribution in [3.8, 4) is 16.4 Å². The van der Waals surface area contributed by atoms with Crippen LogP contribution in [0.15, 0.2) is 42.5 Å². The Morgan fingerprint density at radius 1 is 1.00 bits per heavy atom. The summed E-state index contributed by atoms with van der Waals surface area (Å²) in [5, 5.41) is 6.57. The minimum Gasteiger partial charge on any atom is -0.335 e. The summed E-state index contributed by atoms with van der Waals surface area (Å²) in [4.78, 5) is 24.0. The van der Waals surface area contributed by atoms with E-state index >= 15 is 0 Å². The summed E-state index contributed by atoms with van der Waals surface area (Å²) in [7, 11) is 2.09. The number of nitrogens with zero attached hydrogens (tertiary/aromatic N) is 5. The van der Waals surface area contributed by atoms with Gasteiger partial charge < -0.3 is 9.80 Å². The molecule has 0 spiro atoms. The molecular formula is C27H31N5OS. The van der Waals surface area contributed by atoms with Crippen LogP contribution >= 0.6 is 11.3 Å². The maximum Gasteiger partial charge on any atom is 0.275 e. The van der Waals surface area contributed by atoms with Crippen LogP contribution in [-0.4, -0.2) is 63.7 Å². The van der Waals surface area contributed by atoms with Crippen molar-refractivity contribution < 1.29 is 4.79 Å². The molecule has 2 aromatic carbocycles. The van der Waals surface area contributed by atoms with Crippen LogP contribution in [-0.2, 0) is 0 Å². The molecule has 4 aromatic rings. The monoisotopic (exact) mass is 473 g/mol. The molecule has 1 amide bonds. The van der Waals surface area contributed by atoms with E-state index in [9.17, 15) is 4.79 Å². The maximum atomic E-state index is 13.5. The molecule has 0 saturated carbocycles. The molecule has 5 rings (SSSR count). The Morgan fingerprint density at radius 3 is 2.44 bits per heavy atom. The number of fused-ring (bicyclic) bond motifs is 1. The van der Waals surface area contributed by atoms with Crippen molar-refractivity contribution in [1.29, 1.82) is 0 Å². The number of piperazine rings is 1. The molecule has 1 aliphatic rings. The van der Waals surface area contributed by atoms with E-state index in [1.165, 1.54) is 10.4 Å². The molecule has 1 aliphatic heterocycles. The highest BCUT2D eigenvalue weighted by molar-refractivity contribution is 7.14. The van der Waals surface area contributed by atoms with Crippen molar-refractivity contribution in [3.05, 3.63) is 64.2 Å². The second kappa shape index (κ2) is 8.96. The number of carbonyl (C=O) groups is 1. The molecule has 0 N–H and O–H groups in total. The van der Waals surface area contributed by atoms with Crippen LogP contribution in [0.3, 0.4) is 0 Å². The van der Waals surface area contributed by atoms with Gasteiger partial charge in [-0.3, -0.25) is 4.79 Å². The Hall–Kier alpha value is -3.03. The molecule has 0 aliphatic carbocycles. The summed E-state index contributed by atoms with van der Waals surface area (Å²) in [6, 6.07) is 14.7. The number of benzene rings is 2. The maximum absolute atomic E-state index is 13.5. The van der Waals surface area contributed by atoms with Gasteiger partial charge >= 0.3 is 0 Å². The van der Waals surface area contributed by atoms with Gasteiger partial charge in [0.15, 0.2) is 5.69 Å². The predicted octanol–water partition coefficient (Wildman–Crippen LogP) is 5.28. The average Bonchev–Trinajstić information content (AvgIpc) is 3.41. The fourth-order valence-electron chi connectivity index (χ4n) is 4.50. The van der Waals surface area contributed by atoms with Crippen LogP contribution in [0.1, 0.15) is 46.3 Å². The van der Waals surface area contributed by atoms with Gasteiger partial charge in [-0.25, -0.2) is 9.67 Å². The van der Waals surface area contributed by atoms with Crippen LogP contribution in [0.2, 0.25) is 0 Å². The van der Waals surface area contributed by atoms with Crippen LogP contribution in [0.4, 0.5) is 0 Å². The number of amides is 1. The third kappa shape index (κ3) is 4.14. The predicted molar refractivity (Wildman–Crippen MR) is 139 cm³/mol. The Bertz CT molecular complexity index is 1360. The highest BCUT2D eigenvalue weighted by atomic mass is 32.1. The fraction of sp³-hybridized carbons (Fsp3) is 0.370. The van der Waals surface area contributed by atoms with Crippen molar-refractivity contribution in [2.75, 3.05) is 33.2 Å². The van der Waals surface area contributed by atoms with Gasteiger partial charge in [-0.15, -0.1) is 0 Å². The second-order valence-electron chi connectivity index (χ2n) is 9.61. The molecule has 0 bridgehead atoms. The SMILES string of the molecule is Cc1cccc(-c2nc(-n3nc(C(=O)N4CCN(C)CC4)c4cc(C)ccc43)sc2C(C)C)c1. The normalized spacial score (nSPS) is 14.9. The fourth-order valence-corrected chi connectivity index (χ4v) is 5.55. The number of likely N-dealkylation sites (N-methyl/N-ethyl adjacent to an activating group) is 1. The third-order valence-corrected chi connectivity index (χ3v) is 7.80. The molecule has 3 heterocycles. The van der Waals surface area contributed by atoms with E-state index in [0.717, 1.165) is 59.0 Å². The van der Waals surface area contributed by atoms with Gasteiger partial charge in [-0.2, -0.15) is 5.10 Å². The van der Waals surface area contributed by atoms with Gasteiger partial charge in [0.1, 0.15) is 0 Å². The largest absolute Gasteiger partial charge is 0.335 e. The number of rotatable bonds is 4. The van der Waals surface area contributed by atoms with E-state index < -0.39 is 0 Å². The van der Waals surface area contributed by atoms with Gasteiger partial charge in [0, 0.05) is 42.0 Å². The summed E-state index contributed by atoms with van der Waals surface area (Å²) >= 11 is 1.66. The minimum atomic E-state index is 0.00185. The van der Waals surface area contributed by atoms with E-state index in [2.05, 4.69) is 82.1 Å². The summed E-state index contributed by atoms with van der Waals surface area (Å²) in [6.07, 6.45) is 0. The second-order valence-corrected chi connectivity index (χ2v) is 10.6. The molecule has 176 valence electrons. The van der Waals surface area contributed by atoms with Gasteiger partial charge in [0.05, 0.1) is 11.2 Å². The lowest BCUT2D eigenvalue weighted by molar-refractivity contribution is 0.0659. The lowest BCUT2D eigenvalue weighted by Crippen LogP contribution is -2.47. The van der Waals surface area contributed by atoms with Crippen molar-refractivity contribution >= 4 is 28.1 Å². The van der Waals surface area contributed by atoms with Crippen molar-refractivity contribution in [2.24, 2.45) is 0 Å². The Labute approximate surface area is 204 Å². The first-order valence-corrected chi connectivity index (χ1v) is 12.7. The van der Waals surface area contributed by atoms with E-state index in [4.69, 9.17) is 10.1 Å². The topological polar surface area (TPSA) is 54.3 Å². The number of hydrogen-bond donors (Lipinski definition) is 0. The Morgan fingerprint density at radius 2 is 1.74 bits per heavy atom. The van der Waals surface area contributed by atoms with E-state index in [1.54, 1.807) is 11.3 Å². The molecule has 1 fully saturated rings. The lowest BCUT2D eigenvalue weighted by atomic mass is 10.0. The smallest absolute Gasteiger partial charge is 0.275 e. The van der Waals surface area contributed by atoms with E-state index in [0.29, 0.717) is 11.6 Å². The number of hydrogen-bond acceptors (Lipinski definition) is 5. The molecule has 0 radical (unpaired) electrons. The first-order chi connectivity index (χ1) is 16.3. The Kier molecular flexibility index (Phi) is 6.00. The first-order valence-electron chi connectivity index (χ1n) is 11.9. The zero-order valence-corrected chi connectivity index (χ0v) is 21.3. The van der Waals surface area contributed by atoms with Crippen molar-refractivity contribution in [2.45, 2.75) is 33.6 Å². The average molecular weight is 474 g/mol. The molecule has 34 heavy (non-hydrogen) atoms. The third-order valence-electron chi connectivity index (χ3n) is 6.47. The van der Waals surface area contributed by atoms with Crippen LogP contribution in [0, 0.1) is 13.8 Å². The minimum absolute atomic E-state index is 0.00185. The molecule has 1 saturated heterocycles. The van der Waals surface area contributed by atoms with Gasteiger partial charge in [-0.1, -0.05) is 60.6 Å². The first kappa shape index (κ1) is 22.7. The molecule has 0 atom stereocenters. The van der Waals surface area contributed by atoms with Gasteiger partial charge in [0.2, 0.25) is 5.13 Å². The summed E-state index contributed by atoms with van der Waals surface area (Å²) < 4.78 is 1.87. The Balaban J connectivity index is 1.63. The number of aryl methyl sites for hydroxylation is 2. The standard InChI is InChI=1S/C27H31N5OS/c1-17(2)25-23(20-8-6-7-18(3)15-20)28-27(34-25)32-22-10-9-19(4)16-21(22)24(29-32)26(33)31-13-11-30(5)12-14-31/h6-10,15-17H,11-14H2,1-5H3. The van der Waals surface area contributed by atoms with Gasteiger partial charge in [0.25, 0.3) is 5.91 Å². The van der Waals surface area contributed by atoms with Crippen LogP contribution in [0.25, 0.3) is 27.3 Å². The van der Waals surface area contributed by atoms with Crippen LogP contribution in [0.5, 0.6) is 0 Å². The van der Waals surface area contributed by atoms with E-state index in [-0.39, 0.29) is 5.91 Å². The zero-order chi connectivity index (χ0) is 24.0. The van der Waals surface area contributed by atoms with Crippen molar-refractivity contribution in [3.63, 3.8) is 0 Å². The molecule has 6 nitrogen and oxygen atoms in total. The highest BCUT2D eigenvalue weighted by Crippen LogP contribution is 2.37. The molecule has 2 aromatic heterocycles. The summed E-state index contributed by atoms with van der Waals surface area (Å²) in [5.41, 5.74) is 5.88. The molecule has 7 heteroatoms. The number of thiazole rings is 1. The van der Waals surface area contributed by atoms with Gasteiger partial charge in [-0.05, 0) is 45.0 Å². The molecule has 0 unspecified atom stereocenters. The summed E-state index contributed by atoms with van der Waals surface area (Å²) in [6.45, 7) is 11.8. The van der Waals surface area contributed by atoms with Crippen molar-refractivity contribution in [1.82, 2.24) is 24.6 Å². The molecular weight excluding hydrogens is 442 g/mol. The van der Waals surface area contributed by atoms with E-state index in [1.807, 2.05) is 9.58 Å². The highest BCUT2D eigenvalue weighted by Gasteiger charge is 2.27.